The van der Waals surface area contributed by atoms with E-state index >= 15 is 0 Å². The van der Waals surface area contributed by atoms with Crippen molar-refractivity contribution in [2.45, 2.75) is 33.4 Å². The number of oxazole rings is 1. The Kier molecular flexibility index (Phi) is 3.41. The summed E-state index contributed by atoms with van der Waals surface area (Å²) in [6.45, 7) is 7.08. The molecule has 0 fully saturated rings. The molecule has 86 valence electrons. The number of aryl methyl sites for hydroxylation is 1. The molecule has 2 heterocycles. The maximum atomic E-state index is 5.48. The fourth-order valence-corrected chi connectivity index (χ4v) is 2.34. The van der Waals surface area contributed by atoms with Crippen LogP contribution in [-0.2, 0) is 6.54 Å². The Morgan fingerprint density at radius 3 is 2.88 bits per heavy atom. The van der Waals surface area contributed by atoms with Crippen molar-refractivity contribution < 1.29 is 4.42 Å². The maximum Gasteiger partial charge on any atom is 0.181 e. The Morgan fingerprint density at radius 2 is 2.25 bits per heavy atom. The van der Waals surface area contributed by atoms with Crippen LogP contribution in [0.1, 0.15) is 25.1 Å². The van der Waals surface area contributed by atoms with Crippen LogP contribution in [0.5, 0.6) is 0 Å². The Balaban J connectivity index is 2.23. The van der Waals surface area contributed by atoms with Crippen molar-refractivity contribution >= 4 is 11.3 Å². The molecule has 2 rings (SSSR count). The lowest BCUT2D eigenvalue weighted by atomic mass is 10.1. The number of aromatic nitrogens is 1. The molecule has 2 aromatic heterocycles. The monoisotopic (exact) mass is 236 g/mol. The highest BCUT2D eigenvalue weighted by atomic mass is 32.1. The molecule has 16 heavy (non-hydrogen) atoms. The third kappa shape index (κ3) is 2.33. The molecule has 0 radical (unpaired) electrons. The normalized spacial score (nSPS) is 11.2. The zero-order valence-corrected chi connectivity index (χ0v) is 10.6. The van der Waals surface area contributed by atoms with Gasteiger partial charge in [-0.2, -0.15) is 11.3 Å². The predicted molar refractivity (Wildman–Crippen MR) is 66.5 cm³/mol. The number of hydrogen-bond donors (Lipinski definition) is 1. The van der Waals surface area contributed by atoms with E-state index < -0.39 is 0 Å². The van der Waals surface area contributed by atoms with E-state index in [1.165, 1.54) is 12.0 Å². The van der Waals surface area contributed by atoms with Gasteiger partial charge in [0.15, 0.2) is 12.2 Å². The zero-order chi connectivity index (χ0) is 11.5. The fraction of sp³-hybridized carbons (Fsp3) is 0.417. The van der Waals surface area contributed by atoms with Crippen LogP contribution in [0.2, 0.25) is 0 Å². The van der Waals surface area contributed by atoms with Gasteiger partial charge < -0.3 is 9.73 Å². The van der Waals surface area contributed by atoms with Gasteiger partial charge in [-0.3, -0.25) is 0 Å². The zero-order valence-electron chi connectivity index (χ0n) is 9.78. The van der Waals surface area contributed by atoms with Crippen molar-refractivity contribution in [2.24, 2.45) is 0 Å². The van der Waals surface area contributed by atoms with E-state index in [1.54, 1.807) is 11.3 Å². The molecule has 0 bridgehead atoms. The SMILES string of the molecule is Cc1cscc1-c1ocnc1CNC(C)C. The summed E-state index contributed by atoms with van der Waals surface area (Å²) in [4.78, 5) is 4.26. The maximum absolute atomic E-state index is 5.48. The summed E-state index contributed by atoms with van der Waals surface area (Å²) in [7, 11) is 0. The first-order valence-corrected chi connectivity index (χ1v) is 6.31. The van der Waals surface area contributed by atoms with Gasteiger partial charge in [-0.15, -0.1) is 0 Å². The molecule has 1 N–H and O–H groups in total. The van der Waals surface area contributed by atoms with Crippen LogP contribution in [0.4, 0.5) is 0 Å². The molecule has 0 aliphatic carbocycles. The van der Waals surface area contributed by atoms with Crippen molar-refractivity contribution in [1.82, 2.24) is 10.3 Å². The molecule has 0 saturated heterocycles. The Hall–Kier alpha value is -1.13. The first kappa shape index (κ1) is 11.4. The molecular formula is C12H16N2OS. The summed E-state index contributed by atoms with van der Waals surface area (Å²) in [5.41, 5.74) is 3.38. The minimum atomic E-state index is 0.452. The van der Waals surface area contributed by atoms with Gasteiger partial charge in [0.1, 0.15) is 5.69 Å². The molecule has 0 saturated carbocycles. The second-order valence-electron chi connectivity index (χ2n) is 4.13. The number of nitrogens with one attached hydrogen (secondary N) is 1. The van der Waals surface area contributed by atoms with Gasteiger partial charge in [0.05, 0.1) is 0 Å². The lowest BCUT2D eigenvalue weighted by Gasteiger charge is -2.06. The van der Waals surface area contributed by atoms with E-state index in [-0.39, 0.29) is 0 Å². The number of rotatable bonds is 4. The predicted octanol–water partition coefficient (Wildman–Crippen LogP) is 3.21. The summed E-state index contributed by atoms with van der Waals surface area (Å²) < 4.78 is 5.48. The lowest BCUT2D eigenvalue weighted by molar-refractivity contribution is 0.563. The van der Waals surface area contributed by atoms with E-state index in [9.17, 15) is 0 Å². The molecule has 0 unspecified atom stereocenters. The van der Waals surface area contributed by atoms with Gasteiger partial charge in [0.25, 0.3) is 0 Å². The molecule has 0 aliphatic rings. The van der Waals surface area contributed by atoms with Crippen LogP contribution >= 0.6 is 11.3 Å². The van der Waals surface area contributed by atoms with Gasteiger partial charge in [-0.25, -0.2) is 4.98 Å². The average Bonchev–Trinajstić information content (AvgIpc) is 2.82. The highest BCUT2D eigenvalue weighted by molar-refractivity contribution is 7.08. The smallest absolute Gasteiger partial charge is 0.181 e. The molecule has 0 amide bonds. The van der Waals surface area contributed by atoms with E-state index in [0.29, 0.717) is 6.04 Å². The standard InChI is InChI=1S/C12H16N2OS/c1-8(2)13-4-11-12(15-7-14-11)10-6-16-5-9(10)3/h5-8,13H,4H2,1-3H3. The minimum absolute atomic E-state index is 0.452. The van der Waals surface area contributed by atoms with Gasteiger partial charge in [0, 0.05) is 23.5 Å². The van der Waals surface area contributed by atoms with Crippen molar-refractivity contribution in [3.05, 3.63) is 28.4 Å². The van der Waals surface area contributed by atoms with Gasteiger partial charge >= 0.3 is 0 Å². The number of nitrogens with zero attached hydrogens (tertiary/aromatic N) is 1. The van der Waals surface area contributed by atoms with Crippen molar-refractivity contribution in [3.8, 4) is 11.3 Å². The Labute approximate surface area is 99.5 Å². The average molecular weight is 236 g/mol. The quantitative estimate of drug-likeness (QED) is 0.885. The second-order valence-corrected chi connectivity index (χ2v) is 4.88. The van der Waals surface area contributed by atoms with Crippen molar-refractivity contribution in [2.75, 3.05) is 0 Å². The molecule has 3 nitrogen and oxygen atoms in total. The number of thiophene rings is 1. The third-order valence-electron chi connectivity index (χ3n) is 2.42. The largest absolute Gasteiger partial charge is 0.443 e. The molecule has 0 spiro atoms. The topological polar surface area (TPSA) is 38.1 Å². The summed E-state index contributed by atoms with van der Waals surface area (Å²) in [6.07, 6.45) is 1.52. The van der Waals surface area contributed by atoms with Crippen LogP contribution in [0.25, 0.3) is 11.3 Å². The molecule has 2 aromatic rings. The highest BCUT2D eigenvalue weighted by Crippen LogP contribution is 2.29. The van der Waals surface area contributed by atoms with Gasteiger partial charge in [0.2, 0.25) is 0 Å². The van der Waals surface area contributed by atoms with E-state index in [2.05, 4.69) is 41.8 Å². The minimum Gasteiger partial charge on any atom is -0.443 e. The van der Waals surface area contributed by atoms with Crippen LogP contribution < -0.4 is 5.32 Å². The fourth-order valence-electron chi connectivity index (χ4n) is 1.51. The van der Waals surface area contributed by atoms with Gasteiger partial charge in [-0.05, 0) is 17.9 Å². The van der Waals surface area contributed by atoms with Crippen molar-refractivity contribution in [3.63, 3.8) is 0 Å². The first-order chi connectivity index (χ1) is 7.68. The summed E-state index contributed by atoms with van der Waals surface area (Å²) >= 11 is 1.69. The second kappa shape index (κ2) is 4.80. The van der Waals surface area contributed by atoms with Crippen molar-refractivity contribution in [1.29, 1.82) is 0 Å². The molecule has 0 aromatic carbocycles. The molecule has 0 aliphatic heterocycles. The summed E-state index contributed by atoms with van der Waals surface area (Å²) in [5, 5.41) is 7.58. The molecular weight excluding hydrogens is 220 g/mol. The van der Waals surface area contributed by atoms with Gasteiger partial charge in [-0.1, -0.05) is 13.8 Å². The van der Waals surface area contributed by atoms with E-state index in [1.807, 2.05) is 0 Å². The Bertz CT molecular complexity index is 459. The first-order valence-electron chi connectivity index (χ1n) is 5.37. The summed E-state index contributed by atoms with van der Waals surface area (Å²) in [6, 6.07) is 0.452. The summed E-state index contributed by atoms with van der Waals surface area (Å²) in [5.74, 6) is 0.895. The highest BCUT2D eigenvalue weighted by Gasteiger charge is 2.13. The number of hydrogen-bond acceptors (Lipinski definition) is 4. The third-order valence-corrected chi connectivity index (χ3v) is 3.28. The van der Waals surface area contributed by atoms with E-state index in [4.69, 9.17) is 4.42 Å². The molecule has 0 atom stereocenters. The Morgan fingerprint density at radius 1 is 1.44 bits per heavy atom. The van der Waals surface area contributed by atoms with Crippen LogP contribution in [0, 0.1) is 6.92 Å². The lowest BCUT2D eigenvalue weighted by Crippen LogP contribution is -2.22. The molecule has 4 heteroatoms. The van der Waals surface area contributed by atoms with Crippen LogP contribution in [0.3, 0.4) is 0 Å². The van der Waals surface area contributed by atoms with Crippen LogP contribution in [-0.4, -0.2) is 11.0 Å². The van der Waals surface area contributed by atoms with E-state index in [0.717, 1.165) is 23.6 Å². The van der Waals surface area contributed by atoms with Crippen LogP contribution in [0.15, 0.2) is 21.6 Å².